The maximum atomic E-state index is 13.7. The van der Waals surface area contributed by atoms with Crippen LogP contribution in [0.25, 0.3) is 10.9 Å². The average molecular weight is 317 g/mol. The van der Waals surface area contributed by atoms with Gasteiger partial charge in [0.25, 0.3) is 0 Å². The lowest BCUT2D eigenvalue weighted by Gasteiger charge is -2.10. The van der Waals surface area contributed by atoms with E-state index in [1.807, 2.05) is 24.3 Å². The lowest BCUT2D eigenvalue weighted by molar-refractivity contribution is 0.0995. The van der Waals surface area contributed by atoms with Crippen LogP contribution in [0.5, 0.6) is 0 Å². The Hall–Kier alpha value is -2.14. The van der Waals surface area contributed by atoms with Gasteiger partial charge in [0.05, 0.1) is 5.25 Å². The van der Waals surface area contributed by atoms with Crippen molar-refractivity contribution in [2.75, 3.05) is 0 Å². The van der Waals surface area contributed by atoms with Crippen molar-refractivity contribution in [2.45, 2.75) is 17.1 Å². The highest BCUT2D eigenvalue weighted by Crippen LogP contribution is 2.30. The van der Waals surface area contributed by atoms with E-state index in [2.05, 4.69) is 4.98 Å². The molecule has 22 heavy (non-hydrogen) atoms. The number of para-hydroxylation sites is 1. The molecule has 2 aromatic carbocycles. The van der Waals surface area contributed by atoms with Crippen molar-refractivity contribution in [3.05, 3.63) is 65.9 Å². The van der Waals surface area contributed by atoms with Crippen LogP contribution in [0.1, 0.15) is 17.3 Å². The zero-order valence-corrected chi connectivity index (χ0v) is 12.6. The Labute approximate surface area is 130 Å². The molecule has 0 spiro atoms. The van der Waals surface area contributed by atoms with Crippen LogP contribution in [0.4, 0.5) is 8.78 Å². The van der Waals surface area contributed by atoms with Crippen LogP contribution >= 0.6 is 11.8 Å². The van der Waals surface area contributed by atoms with Gasteiger partial charge in [-0.3, -0.25) is 4.79 Å². The van der Waals surface area contributed by atoms with E-state index < -0.39 is 16.9 Å². The van der Waals surface area contributed by atoms with Crippen molar-refractivity contribution in [1.82, 2.24) is 4.98 Å². The van der Waals surface area contributed by atoms with Crippen LogP contribution in [0.2, 0.25) is 0 Å². The van der Waals surface area contributed by atoms with E-state index in [1.54, 1.807) is 13.1 Å². The van der Waals surface area contributed by atoms with Crippen LogP contribution in [0, 0.1) is 11.6 Å². The summed E-state index contributed by atoms with van der Waals surface area (Å²) < 4.78 is 26.6. The average Bonchev–Trinajstić information content (AvgIpc) is 2.93. The second kappa shape index (κ2) is 5.93. The summed E-state index contributed by atoms with van der Waals surface area (Å²) in [6.07, 6.45) is 1.67. The van der Waals surface area contributed by atoms with E-state index in [1.165, 1.54) is 12.1 Å². The van der Waals surface area contributed by atoms with Gasteiger partial charge in [0.2, 0.25) is 0 Å². The number of aromatic amines is 1. The first-order chi connectivity index (χ1) is 10.6. The van der Waals surface area contributed by atoms with E-state index in [9.17, 15) is 13.6 Å². The quantitative estimate of drug-likeness (QED) is 0.553. The molecule has 0 saturated heterocycles. The van der Waals surface area contributed by atoms with Crippen LogP contribution < -0.4 is 0 Å². The zero-order chi connectivity index (χ0) is 15.7. The summed E-state index contributed by atoms with van der Waals surface area (Å²) in [5.41, 5.74) is 1.47. The molecule has 0 radical (unpaired) electrons. The molecule has 1 aromatic heterocycles. The number of thioether (sulfide) groups is 1. The summed E-state index contributed by atoms with van der Waals surface area (Å²) in [6.45, 7) is 1.72. The molecule has 1 atom stereocenters. The SMILES string of the molecule is C[C@H](Sc1ccc(F)cc1F)C(=O)c1c[nH]c2ccccc12. The molecule has 0 aliphatic heterocycles. The predicted octanol–water partition coefficient (Wildman–Crippen LogP) is 4.81. The summed E-state index contributed by atoms with van der Waals surface area (Å²) in [5.74, 6) is -1.37. The Morgan fingerprint density at radius 2 is 1.95 bits per heavy atom. The summed E-state index contributed by atoms with van der Waals surface area (Å²) in [6, 6.07) is 10.9. The first-order valence-electron chi connectivity index (χ1n) is 6.78. The van der Waals surface area contributed by atoms with Gasteiger partial charge >= 0.3 is 0 Å². The van der Waals surface area contributed by atoms with E-state index >= 15 is 0 Å². The third kappa shape index (κ3) is 2.76. The van der Waals surface area contributed by atoms with Crippen molar-refractivity contribution >= 4 is 28.4 Å². The molecule has 1 heterocycles. The van der Waals surface area contributed by atoms with E-state index in [0.29, 0.717) is 5.56 Å². The van der Waals surface area contributed by atoms with Gasteiger partial charge in [-0.1, -0.05) is 18.2 Å². The molecule has 0 fully saturated rings. The van der Waals surface area contributed by atoms with Crippen molar-refractivity contribution < 1.29 is 13.6 Å². The second-order valence-electron chi connectivity index (χ2n) is 4.95. The van der Waals surface area contributed by atoms with Gasteiger partial charge in [0.1, 0.15) is 11.6 Å². The minimum atomic E-state index is -0.649. The standard InChI is InChI=1S/C17H13F2NOS/c1-10(22-16-7-6-11(18)8-14(16)19)17(21)13-9-20-15-5-3-2-4-12(13)15/h2-10,20H,1H3/t10-/m0/s1. The topological polar surface area (TPSA) is 32.9 Å². The Morgan fingerprint density at radius 1 is 1.18 bits per heavy atom. The highest BCUT2D eigenvalue weighted by molar-refractivity contribution is 8.00. The molecule has 3 aromatic rings. The van der Waals surface area contributed by atoms with Gasteiger partial charge in [-0.15, -0.1) is 11.8 Å². The molecule has 3 rings (SSSR count). The monoisotopic (exact) mass is 317 g/mol. The molecular weight excluding hydrogens is 304 g/mol. The van der Waals surface area contributed by atoms with Crippen molar-refractivity contribution in [1.29, 1.82) is 0 Å². The maximum Gasteiger partial charge on any atom is 0.178 e. The Kier molecular flexibility index (Phi) is 3.98. The predicted molar refractivity (Wildman–Crippen MR) is 84.3 cm³/mol. The lowest BCUT2D eigenvalue weighted by atomic mass is 10.1. The largest absolute Gasteiger partial charge is 0.360 e. The number of carbonyl (C=O) groups is 1. The molecule has 0 aliphatic rings. The lowest BCUT2D eigenvalue weighted by Crippen LogP contribution is -2.13. The van der Waals surface area contributed by atoms with Crippen molar-refractivity contribution in [2.24, 2.45) is 0 Å². The highest BCUT2D eigenvalue weighted by atomic mass is 32.2. The number of hydrogen-bond donors (Lipinski definition) is 1. The van der Waals surface area contributed by atoms with Crippen molar-refractivity contribution in [3.8, 4) is 0 Å². The molecule has 0 aliphatic carbocycles. The molecule has 2 nitrogen and oxygen atoms in total. The summed E-state index contributed by atoms with van der Waals surface area (Å²) in [7, 11) is 0. The van der Waals surface area contributed by atoms with E-state index in [-0.39, 0.29) is 10.7 Å². The first-order valence-corrected chi connectivity index (χ1v) is 7.66. The fraction of sp³-hybridized carbons (Fsp3) is 0.118. The number of carbonyl (C=O) groups excluding carboxylic acids is 1. The van der Waals surface area contributed by atoms with Gasteiger partial charge < -0.3 is 4.98 Å². The van der Waals surface area contributed by atoms with Gasteiger partial charge in [-0.05, 0) is 25.1 Å². The maximum absolute atomic E-state index is 13.7. The summed E-state index contributed by atoms with van der Waals surface area (Å²) in [5, 5.41) is 0.374. The molecule has 1 N–H and O–H groups in total. The van der Waals surface area contributed by atoms with Gasteiger partial charge in [-0.2, -0.15) is 0 Å². The first kappa shape index (κ1) is 14.8. The summed E-state index contributed by atoms with van der Waals surface area (Å²) >= 11 is 1.09. The molecule has 0 saturated carbocycles. The number of hydrogen-bond acceptors (Lipinski definition) is 2. The molecule has 112 valence electrons. The minimum Gasteiger partial charge on any atom is -0.360 e. The zero-order valence-electron chi connectivity index (χ0n) is 11.8. The van der Waals surface area contributed by atoms with Crippen LogP contribution in [0.15, 0.2) is 53.6 Å². The number of aromatic nitrogens is 1. The number of fused-ring (bicyclic) bond motifs is 1. The third-order valence-corrected chi connectivity index (χ3v) is 4.57. The number of benzene rings is 2. The Balaban J connectivity index is 1.85. The number of rotatable bonds is 4. The van der Waals surface area contributed by atoms with Crippen LogP contribution in [-0.4, -0.2) is 16.0 Å². The fourth-order valence-electron chi connectivity index (χ4n) is 2.31. The smallest absolute Gasteiger partial charge is 0.178 e. The highest BCUT2D eigenvalue weighted by Gasteiger charge is 2.21. The number of H-pyrrole nitrogens is 1. The van der Waals surface area contributed by atoms with E-state index in [4.69, 9.17) is 0 Å². The van der Waals surface area contributed by atoms with Gasteiger partial charge in [0, 0.05) is 33.6 Å². The second-order valence-corrected chi connectivity index (χ2v) is 6.33. The fourth-order valence-corrected chi connectivity index (χ4v) is 3.24. The third-order valence-electron chi connectivity index (χ3n) is 3.42. The number of Topliss-reactive ketones (excluding diaryl/α,β-unsaturated/α-hetero) is 1. The molecule has 0 amide bonds. The van der Waals surface area contributed by atoms with E-state index in [0.717, 1.165) is 28.7 Å². The molecule has 5 heteroatoms. The number of nitrogens with one attached hydrogen (secondary N) is 1. The van der Waals surface area contributed by atoms with Gasteiger partial charge in [-0.25, -0.2) is 8.78 Å². The summed E-state index contributed by atoms with van der Waals surface area (Å²) in [4.78, 5) is 15.9. The van der Waals surface area contributed by atoms with Crippen LogP contribution in [-0.2, 0) is 0 Å². The van der Waals surface area contributed by atoms with Crippen LogP contribution in [0.3, 0.4) is 0 Å². The minimum absolute atomic E-state index is 0.0915. The number of ketones is 1. The molecular formula is C17H13F2NOS. The Bertz CT molecular complexity index is 844. The van der Waals surface area contributed by atoms with Crippen molar-refractivity contribution in [3.63, 3.8) is 0 Å². The Morgan fingerprint density at radius 3 is 2.73 bits per heavy atom. The number of halogens is 2. The molecule has 0 unspecified atom stereocenters. The van der Waals surface area contributed by atoms with Gasteiger partial charge in [0.15, 0.2) is 5.78 Å². The molecule has 0 bridgehead atoms. The normalized spacial score (nSPS) is 12.5.